The lowest BCUT2D eigenvalue weighted by atomic mass is 9.91. The highest BCUT2D eigenvalue weighted by atomic mass is 16.7. The third-order valence-electron chi connectivity index (χ3n) is 12.2. The molecule has 5 heterocycles. The lowest BCUT2D eigenvalue weighted by Crippen LogP contribution is -2.48. The molecule has 0 unspecified atom stereocenters. The van der Waals surface area contributed by atoms with Crippen molar-refractivity contribution in [2.45, 2.75) is 51.6 Å². The van der Waals surface area contributed by atoms with Crippen molar-refractivity contribution in [2.75, 3.05) is 78.1 Å². The number of rotatable bonds is 12. The Labute approximate surface area is 392 Å². The maximum absolute atomic E-state index is 11.9. The van der Waals surface area contributed by atoms with Crippen LogP contribution in [0.4, 0.5) is 40.3 Å². The van der Waals surface area contributed by atoms with Gasteiger partial charge in [-0.3, -0.25) is 19.2 Å². The van der Waals surface area contributed by atoms with Crippen LogP contribution in [-0.4, -0.2) is 133 Å². The second kappa shape index (κ2) is 21.0. The number of hydrogen-bond donors (Lipinski definition) is 6. The van der Waals surface area contributed by atoms with E-state index in [1.54, 1.807) is 26.0 Å². The Kier molecular flexibility index (Phi) is 14.3. The first-order valence-corrected chi connectivity index (χ1v) is 22.5. The SMILES string of the molecule is CC(=O)N1CCN(c2ccc(Nc3nc(N[C@@H]4CCCC[C@@H]4N)ncc3C(N)=O)cc2)CC1.CC(=O)N1CCN(c2ccc(Nc3nc(On4nnc5ccccc54)ncc3C(N)=O)cc2)CC1. The average molecular weight is 926 g/mol. The van der Waals surface area contributed by atoms with E-state index in [1.807, 2.05) is 70.5 Å². The van der Waals surface area contributed by atoms with Gasteiger partial charge in [-0.1, -0.05) is 29.8 Å². The van der Waals surface area contributed by atoms with Gasteiger partial charge >= 0.3 is 6.01 Å². The summed E-state index contributed by atoms with van der Waals surface area (Å²) in [6.07, 6.45) is 6.93. The number of para-hydroxylation sites is 1. The number of nitrogens with two attached hydrogens (primary N) is 3. The topological polar surface area (TPSA) is 287 Å². The van der Waals surface area contributed by atoms with Gasteiger partial charge in [0.05, 0.1) is 0 Å². The number of hydrogen-bond acceptors (Lipinski definition) is 17. The van der Waals surface area contributed by atoms with Crippen LogP contribution >= 0.6 is 0 Å². The van der Waals surface area contributed by atoms with E-state index in [-0.39, 0.29) is 46.9 Å². The van der Waals surface area contributed by atoms with Crippen LogP contribution in [0.3, 0.4) is 0 Å². The molecule has 9 N–H and O–H groups in total. The molecule has 2 aliphatic heterocycles. The Bertz CT molecular complexity index is 2740. The molecule has 0 spiro atoms. The second-order valence-corrected chi connectivity index (χ2v) is 16.7. The fraction of sp³-hybridized carbons (Fsp3) is 0.348. The zero-order chi connectivity index (χ0) is 47.7. The highest BCUT2D eigenvalue weighted by molar-refractivity contribution is 5.98. The van der Waals surface area contributed by atoms with Crippen LogP contribution in [0.5, 0.6) is 6.01 Å². The largest absolute Gasteiger partial charge is 0.368 e. The van der Waals surface area contributed by atoms with Gasteiger partial charge in [-0.2, -0.15) is 9.97 Å². The van der Waals surface area contributed by atoms with Gasteiger partial charge in [-0.15, -0.1) is 5.10 Å². The van der Waals surface area contributed by atoms with E-state index in [4.69, 9.17) is 22.0 Å². The minimum Gasteiger partial charge on any atom is -0.368 e. The van der Waals surface area contributed by atoms with Gasteiger partial charge in [0.2, 0.25) is 17.8 Å². The molecule has 4 amide bonds. The van der Waals surface area contributed by atoms with E-state index >= 15 is 0 Å². The number of carbonyl (C=O) groups excluding carboxylic acids is 4. The number of nitrogens with zero attached hydrogens (tertiary/aromatic N) is 11. The number of carbonyl (C=O) groups is 4. The molecule has 0 radical (unpaired) electrons. The van der Waals surface area contributed by atoms with E-state index in [1.165, 1.54) is 17.2 Å². The van der Waals surface area contributed by atoms with Gasteiger partial charge in [0.25, 0.3) is 11.8 Å². The summed E-state index contributed by atoms with van der Waals surface area (Å²) in [7, 11) is 0. The van der Waals surface area contributed by atoms with Crippen molar-refractivity contribution in [1.82, 2.24) is 44.9 Å². The Morgan fingerprint density at radius 1 is 0.647 bits per heavy atom. The van der Waals surface area contributed by atoms with E-state index in [0.717, 1.165) is 82.0 Å². The minimum absolute atomic E-state index is 0.0342. The van der Waals surface area contributed by atoms with Crippen LogP contribution in [0.2, 0.25) is 0 Å². The Morgan fingerprint density at radius 2 is 1.16 bits per heavy atom. The van der Waals surface area contributed by atoms with Crippen molar-refractivity contribution < 1.29 is 24.0 Å². The number of amides is 4. The maximum atomic E-state index is 11.9. The molecule has 3 fully saturated rings. The molecule has 3 aromatic heterocycles. The summed E-state index contributed by atoms with van der Waals surface area (Å²) in [4.78, 5) is 79.2. The molecule has 68 heavy (non-hydrogen) atoms. The first-order chi connectivity index (χ1) is 32.9. The standard InChI is InChI=1S/C23H23N9O3.C23H32N8O2/c1-15(33)30-10-12-31(13-11-30)17-8-6-16(7-9-17)26-22-18(21(24)34)14-25-23(27-22)35-32-20-5-3-2-4-19(20)28-29-32;1-15(32)30-10-12-31(13-11-30)17-8-6-16(7-9-17)27-22-18(21(25)33)14-26-23(29-22)28-20-5-3-2-4-19(20)24/h2-9,14H,10-13H2,1H3,(H2,24,34)(H,25,26,27);6-9,14,19-20H,2-5,10-13,24H2,1H3,(H2,25,33)(H2,26,27,28,29)/t;19-,20+/m.0/s1. The van der Waals surface area contributed by atoms with Crippen molar-refractivity contribution in [3.8, 4) is 6.01 Å². The van der Waals surface area contributed by atoms with Gasteiger partial charge in [0, 0.05) is 113 Å². The predicted octanol–water partition coefficient (Wildman–Crippen LogP) is 3.24. The first kappa shape index (κ1) is 46.4. The van der Waals surface area contributed by atoms with Gasteiger partial charge in [-0.25, -0.2) is 9.97 Å². The number of nitrogens with one attached hydrogen (secondary N) is 3. The third-order valence-corrected chi connectivity index (χ3v) is 12.2. The van der Waals surface area contributed by atoms with Gasteiger partial charge < -0.3 is 57.6 Å². The van der Waals surface area contributed by atoms with Crippen molar-refractivity contribution >= 4 is 75.0 Å². The summed E-state index contributed by atoms with van der Waals surface area (Å²) in [5.41, 5.74) is 22.5. The number of fused-ring (bicyclic) bond motifs is 1. The molecule has 9 rings (SSSR count). The van der Waals surface area contributed by atoms with Gasteiger partial charge in [0.1, 0.15) is 28.0 Å². The zero-order valence-electron chi connectivity index (χ0n) is 37.9. The average Bonchev–Trinajstić information content (AvgIpc) is 3.75. The molecule has 354 valence electrons. The maximum Gasteiger partial charge on any atom is 0.347 e. The van der Waals surface area contributed by atoms with Crippen LogP contribution in [-0.2, 0) is 9.59 Å². The Hall–Kier alpha value is -8.14. The molecule has 2 atom stereocenters. The molecule has 1 saturated carbocycles. The zero-order valence-corrected chi connectivity index (χ0v) is 37.9. The van der Waals surface area contributed by atoms with Crippen LogP contribution in [0.1, 0.15) is 60.2 Å². The number of piperazine rings is 2. The van der Waals surface area contributed by atoms with Crippen molar-refractivity contribution in [2.24, 2.45) is 17.2 Å². The fourth-order valence-corrected chi connectivity index (χ4v) is 8.25. The molecule has 22 nitrogen and oxygen atoms in total. The smallest absolute Gasteiger partial charge is 0.347 e. The van der Waals surface area contributed by atoms with Crippen LogP contribution in [0, 0.1) is 0 Å². The monoisotopic (exact) mass is 925 g/mol. The summed E-state index contributed by atoms with van der Waals surface area (Å²) in [5, 5.41) is 17.6. The number of aromatic nitrogens is 7. The molecule has 3 aromatic carbocycles. The summed E-state index contributed by atoms with van der Waals surface area (Å²) < 4.78 is 0. The quantitative estimate of drug-likeness (QED) is 0.103. The molecule has 2 saturated heterocycles. The van der Waals surface area contributed by atoms with Crippen LogP contribution in [0.15, 0.2) is 85.2 Å². The van der Waals surface area contributed by atoms with E-state index in [9.17, 15) is 19.2 Å². The van der Waals surface area contributed by atoms with Crippen LogP contribution in [0.25, 0.3) is 11.0 Å². The molecule has 1 aliphatic carbocycles. The lowest BCUT2D eigenvalue weighted by molar-refractivity contribution is -0.129. The third kappa shape index (κ3) is 11.3. The predicted molar refractivity (Wildman–Crippen MR) is 257 cm³/mol. The summed E-state index contributed by atoms with van der Waals surface area (Å²) in [5.74, 6) is -0.0846. The normalized spacial score (nSPS) is 17.2. The molecule has 0 bridgehead atoms. The summed E-state index contributed by atoms with van der Waals surface area (Å²) >= 11 is 0. The lowest BCUT2D eigenvalue weighted by Gasteiger charge is -2.35. The van der Waals surface area contributed by atoms with Crippen molar-refractivity contribution in [3.05, 3.63) is 96.3 Å². The van der Waals surface area contributed by atoms with Gasteiger partial charge in [-0.05, 0) is 78.7 Å². The first-order valence-electron chi connectivity index (χ1n) is 22.5. The van der Waals surface area contributed by atoms with E-state index in [2.05, 4.69) is 56.0 Å². The van der Waals surface area contributed by atoms with Crippen molar-refractivity contribution in [1.29, 1.82) is 0 Å². The highest BCUT2D eigenvalue weighted by Crippen LogP contribution is 2.27. The summed E-state index contributed by atoms with van der Waals surface area (Å²) in [6.45, 7) is 9.15. The Morgan fingerprint density at radius 3 is 1.69 bits per heavy atom. The Balaban J connectivity index is 0.000000184. The van der Waals surface area contributed by atoms with E-state index < -0.39 is 11.8 Å². The highest BCUT2D eigenvalue weighted by Gasteiger charge is 2.24. The molecular weight excluding hydrogens is 871 g/mol. The van der Waals surface area contributed by atoms with Gasteiger partial charge in [0.15, 0.2) is 5.82 Å². The fourth-order valence-electron chi connectivity index (χ4n) is 8.25. The number of anilines is 7. The van der Waals surface area contributed by atoms with E-state index in [0.29, 0.717) is 41.6 Å². The molecule has 22 heteroatoms. The minimum atomic E-state index is -0.676. The van der Waals surface area contributed by atoms with Crippen LogP contribution < -0.4 is 47.8 Å². The van der Waals surface area contributed by atoms with Crippen molar-refractivity contribution in [3.63, 3.8) is 0 Å². The molecule has 6 aromatic rings. The second-order valence-electron chi connectivity index (χ2n) is 16.7. The number of benzene rings is 3. The molecule has 3 aliphatic rings. The molecular formula is C46H55N17O5. The summed E-state index contributed by atoms with van der Waals surface area (Å²) in [6, 6.07) is 23.0. The number of primary amides is 2.